The number of hydrogen-bond donors (Lipinski definition) is 1. The Labute approximate surface area is 231 Å². The van der Waals surface area contributed by atoms with Gasteiger partial charge in [-0.15, -0.1) is 11.3 Å². The molecule has 3 aliphatic rings. The van der Waals surface area contributed by atoms with E-state index in [1.165, 1.54) is 19.8 Å². The van der Waals surface area contributed by atoms with Crippen molar-refractivity contribution in [3.63, 3.8) is 0 Å². The molecule has 2 saturated carbocycles. The first-order valence-electron chi connectivity index (χ1n) is 13.1. The van der Waals surface area contributed by atoms with Crippen molar-refractivity contribution in [2.24, 2.45) is 5.92 Å². The van der Waals surface area contributed by atoms with E-state index in [0.29, 0.717) is 6.42 Å². The third kappa shape index (κ3) is 5.81. The second kappa shape index (κ2) is 10.9. The van der Waals surface area contributed by atoms with Crippen LogP contribution in [0.4, 0.5) is 0 Å². The standard InChI is InChI=1S/C29H35BrN2O4S/c1-20(33)36-29-11-10-24(31-27(34)9-8-26-15-23(30)18-37-26)16-28(29,22-4-3-5-25(14-22)35-2)12-13-32(19-29)17-21-6-7-21/h3-5,8-9,14-15,18,21,24H,6-7,10-13,16-17,19H2,1-2H3,(H,31,34)/b9-8+/t24-,28+,29+/m1/s1. The lowest BCUT2D eigenvalue weighted by atomic mass is 9.55. The molecule has 37 heavy (non-hydrogen) atoms. The van der Waals surface area contributed by atoms with Gasteiger partial charge in [-0.2, -0.15) is 0 Å². The molecule has 3 fully saturated rings. The van der Waals surface area contributed by atoms with Gasteiger partial charge in [0, 0.05) is 52.3 Å². The van der Waals surface area contributed by atoms with Crippen LogP contribution in [-0.4, -0.2) is 55.2 Å². The molecule has 0 unspecified atom stereocenters. The molecule has 0 radical (unpaired) electrons. The van der Waals surface area contributed by atoms with Crippen LogP contribution in [0.3, 0.4) is 0 Å². The van der Waals surface area contributed by atoms with Crippen LogP contribution < -0.4 is 10.1 Å². The molecule has 6 nitrogen and oxygen atoms in total. The van der Waals surface area contributed by atoms with E-state index in [-0.39, 0.29) is 17.9 Å². The maximum Gasteiger partial charge on any atom is 0.303 e. The van der Waals surface area contributed by atoms with E-state index >= 15 is 0 Å². The highest BCUT2D eigenvalue weighted by Crippen LogP contribution is 2.54. The number of likely N-dealkylation sites (tertiary alicyclic amines) is 1. The number of methoxy groups -OCH3 is 1. The fraction of sp³-hybridized carbons (Fsp3) is 0.517. The zero-order chi connectivity index (χ0) is 26.0. The highest BCUT2D eigenvalue weighted by molar-refractivity contribution is 9.10. The van der Waals surface area contributed by atoms with Gasteiger partial charge in [0.1, 0.15) is 11.4 Å². The zero-order valence-electron chi connectivity index (χ0n) is 21.5. The van der Waals surface area contributed by atoms with Crippen molar-refractivity contribution in [2.45, 2.75) is 62.5 Å². The Hall–Kier alpha value is -2.16. The number of nitrogens with one attached hydrogen (secondary N) is 1. The number of ether oxygens (including phenoxy) is 2. The second-order valence-electron chi connectivity index (χ2n) is 10.8. The van der Waals surface area contributed by atoms with Gasteiger partial charge >= 0.3 is 5.97 Å². The molecule has 0 spiro atoms. The van der Waals surface area contributed by atoms with Crippen molar-refractivity contribution in [1.29, 1.82) is 0 Å². The molecule has 1 aliphatic heterocycles. The van der Waals surface area contributed by atoms with E-state index in [1.807, 2.05) is 29.7 Å². The van der Waals surface area contributed by atoms with Crippen LogP contribution in [0.15, 0.2) is 46.3 Å². The van der Waals surface area contributed by atoms with Gasteiger partial charge in [-0.1, -0.05) is 12.1 Å². The molecule has 1 amide bonds. The number of amides is 1. The molecule has 1 aromatic carbocycles. The van der Waals surface area contributed by atoms with Crippen LogP contribution in [0, 0.1) is 5.92 Å². The summed E-state index contributed by atoms with van der Waals surface area (Å²) in [4.78, 5) is 29.0. The number of nitrogens with zero attached hydrogens (tertiary/aromatic N) is 1. The first-order chi connectivity index (χ1) is 17.8. The van der Waals surface area contributed by atoms with E-state index < -0.39 is 11.0 Å². The zero-order valence-corrected chi connectivity index (χ0v) is 23.9. The first-order valence-corrected chi connectivity index (χ1v) is 14.8. The largest absolute Gasteiger partial charge is 0.497 e. The molecule has 1 aromatic heterocycles. The Bertz CT molecular complexity index is 1180. The Morgan fingerprint density at radius 2 is 2.08 bits per heavy atom. The van der Waals surface area contributed by atoms with Crippen LogP contribution in [0.25, 0.3) is 6.08 Å². The summed E-state index contributed by atoms with van der Waals surface area (Å²) in [6.45, 7) is 4.27. The number of piperidine rings is 1. The van der Waals surface area contributed by atoms with Crippen molar-refractivity contribution in [3.8, 4) is 5.75 Å². The molecular weight excluding hydrogens is 552 g/mol. The van der Waals surface area contributed by atoms with Crippen LogP contribution in [0.5, 0.6) is 5.75 Å². The summed E-state index contributed by atoms with van der Waals surface area (Å²) in [6, 6.07) is 10.2. The molecule has 198 valence electrons. The molecule has 8 heteroatoms. The lowest BCUT2D eigenvalue weighted by Gasteiger charge is -2.59. The summed E-state index contributed by atoms with van der Waals surface area (Å²) in [5.74, 6) is 1.22. The van der Waals surface area contributed by atoms with Crippen LogP contribution >= 0.6 is 27.3 Å². The molecule has 5 rings (SSSR count). The molecular formula is C29H35BrN2O4S. The lowest BCUT2D eigenvalue weighted by Crippen LogP contribution is -2.68. The fourth-order valence-corrected chi connectivity index (χ4v) is 7.71. The topological polar surface area (TPSA) is 67.9 Å². The number of carbonyl (C=O) groups is 2. The Kier molecular flexibility index (Phi) is 7.80. The number of carbonyl (C=O) groups excluding carboxylic acids is 2. The van der Waals surface area contributed by atoms with Gasteiger partial charge in [-0.05, 0) is 96.8 Å². The van der Waals surface area contributed by atoms with E-state index in [4.69, 9.17) is 9.47 Å². The summed E-state index contributed by atoms with van der Waals surface area (Å²) in [7, 11) is 1.68. The second-order valence-corrected chi connectivity index (χ2v) is 12.6. The summed E-state index contributed by atoms with van der Waals surface area (Å²) in [5, 5.41) is 5.26. The molecule has 1 saturated heterocycles. The van der Waals surface area contributed by atoms with Gasteiger partial charge < -0.3 is 14.8 Å². The highest BCUT2D eigenvalue weighted by atomic mass is 79.9. The normalized spacial score (nSPS) is 28.0. The summed E-state index contributed by atoms with van der Waals surface area (Å²) < 4.78 is 13.0. The summed E-state index contributed by atoms with van der Waals surface area (Å²) >= 11 is 5.05. The maximum atomic E-state index is 12.9. The minimum absolute atomic E-state index is 0.0166. The van der Waals surface area contributed by atoms with Crippen molar-refractivity contribution in [3.05, 3.63) is 56.7 Å². The number of hydrogen-bond acceptors (Lipinski definition) is 6. The van der Waals surface area contributed by atoms with Gasteiger partial charge in [0.15, 0.2) is 0 Å². The Morgan fingerprint density at radius 3 is 2.78 bits per heavy atom. The molecule has 3 atom stereocenters. The van der Waals surface area contributed by atoms with Crippen molar-refractivity contribution in [1.82, 2.24) is 10.2 Å². The van der Waals surface area contributed by atoms with Gasteiger partial charge in [-0.25, -0.2) is 0 Å². The maximum absolute atomic E-state index is 12.9. The molecule has 0 bridgehead atoms. The smallest absolute Gasteiger partial charge is 0.303 e. The third-order valence-electron chi connectivity index (χ3n) is 8.21. The quantitative estimate of drug-likeness (QED) is 0.324. The molecule has 1 N–H and O–H groups in total. The predicted molar refractivity (Wildman–Crippen MR) is 150 cm³/mol. The average Bonchev–Trinajstić information content (AvgIpc) is 3.59. The van der Waals surface area contributed by atoms with Crippen molar-refractivity contribution < 1.29 is 19.1 Å². The Morgan fingerprint density at radius 1 is 1.24 bits per heavy atom. The Balaban J connectivity index is 1.44. The van der Waals surface area contributed by atoms with Crippen LogP contribution in [0.1, 0.15) is 55.9 Å². The minimum Gasteiger partial charge on any atom is -0.497 e. The van der Waals surface area contributed by atoms with Gasteiger partial charge in [0.2, 0.25) is 5.91 Å². The fourth-order valence-electron chi connectivity index (χ4n) is 6.37. The summed E-state index contributed by atoms with van der Waals surface area (Å²) in [6.07, 6.45) is 9.11. The molecule has 2 heterocycles. The van der Waals surface area contributed by atoms with Gasteiger partial charge in [0.25, 0.3) is 0 Å². The average molecular weight is 588 g/mol. The molecule has 2 aromatic rings. The highest BCUT2D eigenvalue weighted by Gasteiger charge is 2.61. The summed E-state index contributed by atoms with van der Waals surface area (Å²) in [5.41, 5.74) is 0.0712. The monoisotopic (exact) mass is 586 g/mol. The first kappa shape index (κ1) is 26.4. The lowest BCUT2D eigenvalue weighted by molar-refractivity contribution is -0.187. The number of benzene rings is 1. The van der Waals surface area contributed by atoms with Gasteiger partial charge in [-0.3, -0.25) is 14.5 Å². The van der Waals surface area contributed by atoms with E-state index in [0.717, 1.165) is 65.5 Å². The van der Waals surface area contributed by atoms with Crippen molar-refractivity contribution in [2.75, 3.05) is 26.7 Å². The van der Waals surface area contributed by atoms with E-state index in [2.05, 4.69) is 38.3 Å². The van der Waals surface area contributed by atoms with Crippen molar-refractivity contribution >= 4 is 45.2 Å². The van der Waals surface area contributed by atoms with Crippen LogP contribution in [-0.2, 0) is 19.7 Å². The van der Waals surface area contributed by atoms with E-state index in [1.54, 1.807) is 24.5 Å². The number of fused-ring (bicyclic) bond motifs is 1. The molecule has 2 aliphatic carbocycles. The number of halogens is 1. The minimum atomic E-state index is -0.640. The van der Waals surface area contributed by atoms with Gasteiger partial charge in [0.05, 0.1) is 7.11 Å². The van der Waals surface area contributed by atoms with Crippen LogP contribution in [0.2, 0.25) is 0 Å². The number of thiophene rings is 1. The number of rotatable bonds is 8. The third-order valence-corrected chi connectivity index (χ3v) is 9.86. The predicted octanol–water partition coefficient (Wildman–Crippen LogP) is 5.56. The number of esters is 1. The van der Waals surface area contributed by atoms with E-state index in [9.17, 15) is 9.59 Å². The SMILES string of the molecule is COc1cccc([C@@]23CCN(CC4CC4)C[C@@]2(OC(C)=O)CC[C@@H](NC(=O)/C=C/c2cc(Br)cs2)C3)c1.